The van der Waals surface area contributed by atoms with Gasteiger partial charge in [0.15, 0.2) is 0 Å². The highest BCUT2D eigenvalue weighted by Crippen LogP contribution is 2.09. The molecule has 0 radical (unpaired) electrons. The van der Waals surface area contributed by atoms with Crippen molar-refractivity contribution in [3.63, 3.8) is 0 Å². The van der Waals surface area contributed by atoms with Gasteiger partial charge in [-0.15, -0.1) is 0 Å². The number of hydrogen-bond donors (Lipinski definition) is 20. The Morgan fingerprint density at radius 1 is 0.345 bits per heavy atom. The second-order valence-corrected chi connectivity index (χ2v) is 19.3. The zero-order valence-corrected chi connectivity index (χ0v) is 47.6. The van der Waals surface area contributed by atoms with E-state index in [4.69, 9.17) is 22.3 Å². The molecule has 0 spiro atoms. The predicted molar refractivity (Wildman–Crippen MR) is 293 cm³/mol. The van der Waals surface area contributed by atoms with Gasteiger partial charge >= 0.3 is 29.8 Å². The maximum absolute atomic E-state index is 13.6. The summed E-state index contributed by atoms with van der Waals surface area (Å²) in [7, 11) is 0. The summed E-state index contributed by atoms with van der Waals surface area (Å²) in [6, 6.07) is -15.2. The van der Waals surface area contributed by atoms with E-state index in [1.165, 1.54) is 13.8 Å². The van der Waals surface area contributed by atoms with Crippen molar-refractivity contribution in [2.75, 3.05) is 31.9 Å². The molecule has 0 aromatic carbocycles. The van der Waals surface area contributed by atoms with Crippen LogP contribution in [0.25, 0.3) is 0 Å². The molecule has 0 heterocycles. The predicted octanol–water partition coefficient (Wildman–Crippen LogP) is -7.30. The van der Waals surface area contributed by atoms with E-state index < -0.39 is 220 Å². The molecule has 22 N–H and O–H groups in total. The molecular formula is C48H80N14O21S. The van der Waals surface area contributed by atoms with Gasteiger partial charge in [0.25, 0.3) is 0 Å². The van der Waals surface area contributed by atoms with E-state index >= 15 is 0 Å². The van der Waals surface area contributed by atoms with E-state index in [1.54, 1.807) is 0 Å². The second kappa shape index (κ2) is 40.9. The number of aliphatic carboxylic acids is 5. The summed E-state index contributed by atoms with van der Waals surface area (Å²) < 4.78 is 0. The number of carbonyl (C=O) groups excluding carboxylic acids is 11. The van der Waals surface area contributed by atoms with Crippen LogP contribution in [0.1, 0.15) is 111 Å². The van der Waals surface area contributed by atoms with Crippen LogP contribution in [0.3, 0.4) is 0 Å². The number of thiol groups is 1. The van der Waals surface area contributed by atoms with Crippen molar-refractivity contribution >= 4 is 107 Å². The number of carbonyl (C=O) groups is 16. The summed E-state index contributed by atoms with van der Waals surface area (Å²) in [4.78, 5) is 202. The van der Waals surface area contributed by atoms with Crippen LogP contribution in [0, 0.1) is 0 Å². The SMILES string of the molecule is C[C@H](NC(=O)CNC(=O)[C@H](CCC(=O)O)NC(=O)[C@H](CCC(=O)O)NC(=O)CN)C(=O)N[C@@H](CCCCN)C(=O)N[C@@H](C)C(=O)N[C@@H](CCC(=O)O)C(=O)N[C@@H](C)C(=O)N[C@@H](CCC(=O)O)C(=O)N[C@@H](CCCCN)C(=O)N[C@@H](CS)C(=O)O. The van der Waals surface area contributed by atoms with Crippen LogP contribution in [-0.4, -0.2) is 213 Å². The number of nitrogens with one attached hydrogen (secondary N) is 11. The summed E-state index contributed by atoms with van der Waals surface area (Å²) in [5.74, 6) is -18.4. The fraction of sp³-hybridized carbons (Fsp3) is 0.667. The second-order valence-electron chi connectivity index (χ2n) is 19.0. The number of hydrogen-bond acceptors (Lipinski definition) is 20. The highest BCUT2D eigenvalue weighted by Gasteiger charge is 2.34. The first-order valence-corrected chi connectivity index (χ1v) is 27.1. The first-order valence-electron chi connectivity index (χ1n) is 26.5. The summed E-state index contributed by atoms with van der Waals surface area (Å²) in [5, 5.41) is 71.6. The summed E-state index contributed by atoms with van der Waals surface area (Å²) >= 11 is 3.91. The fourth-order valence-electron chi connectivity index (χ4n) is 7.22. The maximum atomic E-state index is 13.6. The van der Waals surface area contributed by atoms with E-state index in [9.17, 15) is 97.1 Å². The van der Waals surface area contributed by atoms with E-state index in [0.717, 1.165) is 6.92 Å². The molecule has 0 aliphatic rings. The molecule has 84 heavy (non-hydrogen) atoms. The summed E-state index contributed by atoms with van der Waals surface area (Å²) in [5.41, 5.74) is 16.4. The van der Waals surface area contributed by atoms with Crippen molar-refractivity contribution < 1.29 is 102 Å². The highest BCUT2D eigenvalue weighted by atomic mass is 32.1. The molecule has 10 atom stereocenters. The third kappa shape index (κ3) is 31.8. The van der Waals surface area contributed by atoms with E-state index in [0.29, 0.717) is 12.8 Å². The lowest BCUT2D eigenvalue weighted by molar-refractivity contribution is -0.142. The Kier molecular flexibility index (Phi) is 36.8. The van der Waals surface area contributed by atoms with Gasteiger partial charge in [-0.3, -0.25) is 71.9 Å². The van der Waals surface area contributed by atoms with Crippen molar-refractivity contribution in [2.24, 2.45) is 17.2 Å². The zero-order chi connectivity index (χ0) is 64.2. The minimum absolute atomic E-state index is 0.0498. The molecule has 0 unspecified atom stereocenters. The number of nitrogens with two attached hydrogens (primary N) is 3. The van der Waals surface area contributed by atoms with Crippen LogP contribution in [0.15, 0.2) is 0 Å². The number of rotatable bonds is 44. The molecule has 0 saturated heterocycles. The van der Waals surface area contributed by atoms with Gasteiger partial charge in [0, 0.05) is 31.4 Å². The van der Waals surface area contributed by atoms with E-state index in [2.05, 4.69) is 71.1 Å². The lowest BCUT2D eigenvalue weighted by Crippen LogP contribution is -2.59. The average Bonchev–Trinajstić information content (AvgIpc) is 3.64. The Morgan fingerprint density at radius 2 is 0.631 bits per heavy atom. The van der Waals surface area contributed by atoms with Crippen LogP contribution in [0.2, 0.25) is 0 Å². The summed E-state index contributed by atoms with van der Waals surface area (Å²) in [6.45, 7) is 2.44. The van der Waals surface area contributed by atoms with Crippen molar-refractivity contribution in [3.8, 4) is 0 Å². The average molecular weight is 1220 g/mol. The molecule has 0 aromatic heterocycles. The Bertz CT molecular complexity index is 2330. The monoisotopic (exact) mass is 1220 g/mol. The molecule has 474 valence electrons. The molecule has 35 nitrogen and oxygen atoms in total. The minimum Gasteiger partial charge on any atom is -0.481 e. The molecule has 0 saturated carbocycles. The molecule has 36 heteroatoms. The fourth-order valence-corrected chi connectivity index (χ4v) is 7.47. The van der Waals surface area contributed by atoms with Crippen LogP contribution in [0.4, 0.5) is 0 Å². The first-order chi connectivity index (χ1) is 39.4. The van der Waals surface area contributed by atoms with Gasteiger partial charge in [-0.2, -0.15) is 12.6 Å². The van der Waals surface area contributed by atoms with Crippen molar-refractivity contribution in [1.82, 2.24) is 58.5 Å². The standard InChI is InChI=1S/C48H80N14O21S/c1-23(53-34(64)21-52-42(76)28(10-14-35(65)66)61-46(80)29(11-15-36(67)68)56-33(63)20-51)39(73)57-26(8-4-6-18-49)43(77)54-24(2)40(74)58-30(12-16-37(69)70)44(78)55-25(3)41(75)59-31(13-17-38(71)72)47(81)60-27(9-5-7-19-50)45(79)62-32(22-84)48(82)83/h23-32,84H,4-22,49-51H2,1-3H3,(H,52,76)(H,53,64)(H,54,77)(H,55,78)(H,56,63)(H,57,73)(H,58,74)(H,59,75)(H,60,81)(H,61,80)(H,62,79)(H,65,66)(H,67,68)(H,69,70)(H,71,72)(H,82,83)/t23-,24-,25-,26-,27-,28-,29-,30-,31-,32-/m0/s1. The minimum atomic E-state index is -1.70. The normalized spacial score (nSPS) is 14.4. The Balaban J connectivity index is 6.12. The Hall–Kier alpha value is -8.25. The zero-order valence-electron chi connectivity index (χ0n) is 46.7. The van der Waals surface area contributed by atoms with Crippen LogP contribution in [-0.2, 0) is 76.7 Å². The Labute approximate surface area is 487 Å². The molecule has 0 aliphatic heterocycles. The van der Waals surface area contributed by atoms with Gasteiger partial charge in [0.1, 0.15) is 60.4 Å². The summed E-state index contributed by atoms with van der Waals surface area (Å²) in [6.07, 6.45) is -3.57. The van der Waals surface area contributed by atoms with Crippen molar-refractivity contribution in [2.45, 2.75) is 171 Å². The van der Waals surface area contributed by atoms with Crippen molar-refractivity contribution in [3.05, 3.63) is 0 Å². The quantitative estimate of drug-likeness (QED) is 0.0199. The van der Waals surface area contributed by atoms with Crippen LogP contribution < -0.4 is 75.7 Å². The lowest BCUT2D eigenvalue weighted by atomic mass is 10.1. The van der Waals surface area contributed by atoms with Crippen LogP contribution in [0.5, 0.6) is 0 Å². The van der Waals surface area contributed by atoms with Gasteiger partial charge in [-0.1, -0.05) is 0 Å². The van der Waals surface area contributed by atoms with E-state index in [1.807, 2.05) is 0 Å². The van der Waals surface area contributed by atoms with Crippen LogP contribution >= 0.6 is 12.6 Å². The molecule has 0 fully saturated rings. The third-order valence-electron chi connectivity index (χ3n) is 12.0. The molecule has 0 aromatic rings. The molecule has 11 amide bonds. The maximum Gasteiger partial charge on any atom is 0.327 e. The van der Waals surface area contributed by atoms with Gasteiger partial charge in [0.2, 0.25) is 65.0 Å². The molecular weight excluding hydrogens is 1140 g/mol. The lowest BCUT2D eigenvalue weighted by Gasteiger charge is -2.26. The van der Waals surface area contributed by atoms with E-state index in [-0.39, 0.29) is 44.5 Å². The van der Waals surface area contributed by atoms with Crippen molar-refractivity contribution in [1.29, 1.82) is 0 Å². The van der Waals surface area contributed by atoms with Gasteiger partial charge in [-0.05, 0) is 98.1 Å². The Morgan fingerprint density at radius 3 is 0.940 bits per heavy atom. The molecule has 0 bridgehead atoms. The highest BCUT2D eigenvalue weighted by molar-refractivity contribution is 7.80. The number of amides is 11. The largest absolute Gasteiger partial charge is 0.481 e. The smallest absolute Gasteiger partial charge is 0.327 e. The van der Waals surface area contributed by atoms with Gasteiger partial charge in [0.05, 0.1) is 13.1 Å². The number of carboxylic acid groups (broad SMARTS) is 5. The molecule has 0 aliphatic carbocycles. The molecule has 0 rings (SSSR count). The third-order valence-corrected chi connectivity index (χ3v) is 12.3. The topological polar surface area (TPSA) is 585 Å². The number of carboxylic acids is 5. The van der Waals surface area contributed by atoms with Gasteiger partial charge in [-0.25, -0.2) is 4.79 Å². The number of unbranched alkanes of at least 4 members (excludes halogenated alkanes) is 2. The first kappa shape index (κ1) is 75.8. The van der Waals surface area contributed by atoms with Gasteiger partial charge < -0.3 is 101 Å².